The van der Waals surface area contributed by atoms with Crippen molar-refractivity contribution in [2.24, 2.45) is 5.92 Å². The van der Waals surface area contributed by atoms with E-state index in [1.807, 2.05) is 12.1 Å². The maximum atomic E-state index is 13.1. The second-order valence-electron chi connectivity index (χ2n) is 8.35. The third-order valence-electron chi connectivity index (χ3n) is 6.50. The Balaban J connectivity index is 1.39. The lowest BCUT2D eigenvalue weighted by atomic mass is 9.87. The van der Waals surface area contributed by atoms with Crippen LogP contribution in [-0.4, -0.2) is 45.9 Å². The monoisotopic (exact) mass is 458 g/mol. The van der Waals surface area contributed by atoms with E-state index in [1.165, 1.54) is 41.8 Å². The maximum Gasteiger partial charge on any atom is 0.243 e. The summed E-state index contributed by atoms with van der Waals surface area (Å²) in [5, 5.41) is 3.22. The number of sulfonamides is 1. The predicted octanol–water partition coefficient (Wildman–Crippen LogP) is 3.30. The second kappa shape index (κ2) is 9.50. The van der Waals surface area contributed by atoms with Crippen molar-refractivity contribution in [2.45, 2.75) is 43.0 Å². The van der Waals surface area contributed by atoms with Gasteiger partial charge in [-0.2, -0.15) is 4.31 Å². The first-order valence-corrected chi connectivity index (χ1v) is 12.5. The van der Waals surface area contributed by atoms with Crippen molar-refractivity contribution in [2.75, 3.05) is 27.3 Å². The smallest absolute Gasteiger partial charge is 0.243 e. The van der Waals surface area contributed by atoms with E-state index in [4.69, 9.17) is 9.47 Å². The summed E-state index contributed by atoms with van der Waals surface area (Å²) in [7, 11) is -0.687. The fourth-order valence-corrected chi connectivity index (χ4v) is 6.16. The van der Waals surface area contributed by atoms with Crippen molar-refractivity contribution in [3.05, 3.63) is 53.6 Å². The first-order valence-electron chi connectivity index (χ1n) is 11.0. The van der Waals surface area contributed by atoms with Gasteiger partial charge in [-0.15, -0.1) is 0 Å². The molecule has 1 fully saturated rings. The highest BCUT2D eigenvalue weighted by Crippen LogP contribution is 2.33. The normalized spacial score (nSPS) is 19.8. The highest BCUT2D eigenvalue weighted by Gasteiger charge is 2.33. The zero-order valence-electron chi connectivity index (χ0n) is 18.5. The molecule has 2 aliphatic rings. The Hall–Kier alpha value is -2.58. The van der Waals surface area contributed by atoms with Crippen LogP contribution < -0.4 is 14.8 Å². The second-order valence-corrected chi connectivity index (χ2v) is 10.3. The number of ether oxygens (including phenoxy) is 2. The van der Waals surface area contributed by atoms with E-state index in [0.717, 1.165) is 19.3 Å². The zero-order chi connectivity index (χ0) is 22.7. The van der Waals surface area contributed by atoms with Crippen molar-refractivity contribution < 1.29 is 22.7 Å². The molecular weight excluding hydrogens is 428 g/mol. The third-order valence-corrected chi connectivity index (χ3v) is 8.40. The Bertz CT molecular complexity index is 1080. The van der Waals surface area contributed by atoms with E-state index in [-0.39, 0.29) is 22.8 Å². The van der Waals surface area contributed by atoms with Crippen LogP contribution in [0.1, 0.15) is 42.9 Å². The molecule has 0 spiro atoms. The molecule has 1 amide bonds. The summed E-state index contributed by atoms with van der Waals surface area (Å²) >= 11 is 0. The lowest BCUT2D eigenvalue weighted by Gasteiger charge is -2.32. The molecule has 1 heterocycles. The minimum absolute atomic E-state index is 0.0230. The largest absolute Gasteiger partial charge is 0.493 e. The summed E-state index contributed by atoms with van der Waals surface area (Å²) < 4.78 is 38.1. The molecule has 1 saturated heterocycles. The molecule has 0 saturated carbocycles. The van der Waals surface area contributed by atoms with Gasteiger partial charge in [-0.1, -0.05) is 24.3 Å². The molecule has 1 aliphatic heterocycles. The Labute approximate surface area is 189 Å². The number of hydrogen-bond acceptors (Lipinski definition) is 5. The van der Waals surface area contributed by atoms with Crippen molar-refractivity contribution in [1.29, 1.82) is 0 Å². The lowest BCUT2D eigenvalue weighted by molar-refractivity contribution is -0.127. The quantitative estimate of drug-likeness (QED) is 0.718. The number of amides is 1. The van der Waals surface area contributed by atoms with Crippen LogP contribution in [0.15, 0.2) is 47.4 Å². The van der Waals surface area contributed by atoms with Gasteiger partial charge in [0.05, 0.1) is 25.2 Å². The SMILES string of the molecule is COc1ccc(S(=O)(=O)N2CCC(C(=O)NC3CCCc4ccccc43)CC2)cc1OC. The van der Waals surface area contributed by atoms with Gasteiger partial charge in [0.2, 0.25) is 15.9 Å². The van der Waals surface area contributed by atoms with Crippen LogP contribution in [0.5, 0.6) is 11.5 Å². The standard InChI is InChI=1S/C24H30N2O5S/c1-30-22-11-10-19(16-23(22)31-2)32(28,29)26-14-12-18(13-15-26)24(27)25-21-9-5-7-17-6-3-4-8-20(17)21/h3-4,6,8,10-11,16,18,21H,5,7,9,12-15H2,1-2H3,(H,25,27). The minimum Gasteiger partial charge on any atom is -0.493 e. The third kappa shape index (κ3) is 4.47. The first-order chi connectivity index (χ1) is 15.4. The Morgan fingerprint density at radius 2 is 1.72 bits per heavy atom. The number of hydrogen-bond donors (Lipinski definition) is 1. The predicted molar refractivity (Wildman–Crippen MR) is 121 cm³/mol. The summed E-state index contributed by atoms with van der Waals surface area (Å²) in [5.74, 6) is 0.692. The molecule has 1 unspecified atom stereocenters. The summed E-state index contributed by atoms with van der Waals surface area (Å²) in [4.78, 5) is 13.1. The molecule has 172 valence electrons. The molecule has 0 radical (unpaired) electrons. The number of carbonyl (C=O) groups is 1. The Morgan fingerprint density at radius 1 is 1.00 bits per heavy atom. The molecule has 0 aromatic heterocycles. The number of fused-ring (bicyclic) bond motifs is 1. The molecule has 7 nitrogen and oxygen atoms in total. The molecule has 1 atom stereocenters. The average molecular weight is 459 g/mol. The minimum atomic E-state index is -3.67. The van der Waals surface area contributed by atoms with Gasteiger partial charge >= 0.3 is 0 Å². The Morgan fingerprint density at radius 3 is 2.44 bits per heavy atom. The fourth-order valence-electron chi connectivity index (χ4n) is 4.68. The average Bonchev–Trinajstić information content (AvgIpc) is 2.83. The van der Waals surface area contributed by atoms with Crippen LogP contribution >= 0.6 is 0 Å². The molecular formula is C24H30N2O5S. The summed E-state index contributed by atoms with van der Waals surface area (Å²) in [5.41, 5.74) is 2.51. The molecule has 2 aromatic rings. The molecule has 0 bridgehead atoms. The van der Waals surface area contributed by atoms with Crippen LogP contribution in [0.4, 0.5) is 0 Å². The van der Waals surface area contributed by atoms with Crippen molar-refractivity contribution in [1.82, 2.24) is 9.62 Å². The van der Waals surface area contributed by atoms with Crippen molar-refractivity contribution in [3.8, 4) is 11.5 Å². The van der Waals surface area contributed by atoms with Crippen LogP contribution in [0.2, 0.25) is 0 Å². The first kappa shape index (κ1) is 22.6. The highest BCUT2D eigenvalue weighted by molar-refractivity contribution is 7.89. The zero-order valence-corrected chi connectivity index (χ0v) is 19.4. The van der Waals surface area contributed by atoms with Gasteiger partial charge in [-0.25, -0.2) is 8.42 Å². The van der Waals surface area contributed by atoms with Crippen molar-refractivity contribution >= 4 is 15.9 Å². The van der Waals surface area contributed by atoms with E-state index >= 15 is 0 Å². The maximum absolute atomic E-state index is 13.1. The van der Waals surface area contributed by atoms with Crippen LogP contribution in [0.3, 0.4) is 0 Å². The van der Waals surface area contributed by atoms with E-state index in [0.29, 0.717) is 37.4 Å². The van der Waals surface area contributed by atoms with Gasteiger partial charge < -0.3 is 14.8 Å². The van der Waals surface area contributed by atoms with Gasteiger partial charge in [0.25, 0.3) is 0 Å². The van der Waals surface area contributed by atoms with Gasteiger partial charge in [0, 0.05) is 25.1 Å². The summed E-state index contributed by atoms with van der Waals surface area (Å²) in [6.07, 6.45) is 4.06. The van der Waals surface area contributed by atoms with E-state index in [9.17, 15) is 13.2 Å². The van der Waals surface area contributed by atoms with E-state index in [2.05, 4.69) is 17.4 Å². The number of carbonyl (C=O) groups excluding carboxylic acids is 1. The molecule has 8 heteroatoms. The number of piperidine rings is 1. The summed E-state index contributed by atoms with van der Waals surface area (Å²) in [6, 6.07) is 12.9. The van der Waals surface area contributed by atoms with Gasteiger partial charge in [-0.05, 0) is 55.4 Å². The topological polar surface area (TPSA) is 84.9 Å². The number of methoxy groups -OCH3 is 2. The Kier molecular flexibility index (Phi) is 6.71. The van der Waals surface area contributed by atoms with E-state index in [1.54, 1.807) is 6.07 Å². The van der Waals surface area contributed by atoms with Gasteiger partial charge in [0.15, 0.2) is 11.5 Å². The van der Waals surface area contributed by atoms with Crippen LogP contribution in [-0.2, 0) is 21.2 Å². The number of nitrogens with zero attached hydrogens (tertiary/aromatic N) is 1. The molecule has 2 aromatic carbocycles. The molecule has 1 aliphatic carbocycles. The fraction of sp³-hybridized carbons (Fsp3) is 0.458. The highest BCUT2D eigenvalue weighted by atomic mass is 32.2. The number of rotatable bonds is 6. The molecule has 32 heavy (non-hydrogen) atoms. The van der Waals surface area contributed by atoms with Gasteiger partial charge in [0.1, 0.15) is 0 Å². The van der Waals surface area contributed by atoms with E-state index < -0.39 is 10.0 Å². The summed E-state index contributed by atoms with van der Waals surface area (Å²) in [6.45, 7) is 0.631. The van der Waals surface area contributed by atoms with Crippen LogP contribution in [0.25, 0.3) is 0 Å². The number of aryl methyl sites for hydroxylation is 1. The molecule has 1 N–H and O–H groups in total. The van der Waals surface area contributed by atoms with Crippen molar-refractivity contribution in [3.63, 3.8) is 0 Å². The van der Waals surface area contributed by atoms with Crippen LogP contribution in [0, 0.1) is 5.92 Å². The number of nitrogens with one attached hydrogen (secondary N) is 1. The van der Waals surface area contributed by atoms with Gasteiger partial charge in [-0.3, -0.25) is 4.79 Å². The molecule has 4 rings (SSSR count). The lowest BCUT2D eigenvalue weighted by Crippen LogP contribution is -2.44. The number of benzene rings is 2.